The minimum atomic E-state index is -2.13. The Labute approximate surface area is 165 Å². The van der Waals surface area contributed by atoms with Gasteiger partial charge in [-0.1, -0.05) is 35.3 Å². The van der Waals surface area contributed by atoms with Crippen molar-refractivity contribution in [1.29, 1.82) is 0 Å². The van der Waals surface area contributed by atoms with Gasteiger partial charge < -0.3 is 16.2 Å². The number of benzene rings is 2. The molecule has 3 rings (SSSR count). The summed E-state index contributed by atoms with van der Waals surface area (Å²) in [5.41, 5.74) is 3.76. The second-order valence-corrected chi connectivity index (χ2v) is 6.45. The first-order valence-electron chi connectivity index (χ1n) is 7.69. The molecule has 0 bridgehead atoms. The highest BCUT2D eigenvalue weighted by molar-refractivity contribution is 6.38. The number of rotatable bonds is 4. The van der Waals surface area contributed by atoms with Gasteiger partial charge in [0.05, 0.1) is 17.1 Å². The predicted molar refractivity (Wildman–Crippen MR) is 104 cm³/mol. The Morgan fingerprint density at radius 1 is 1.04 bits per heavy atom. The number of fused-ring (bicyclic) bond motifs is 1. The SMILES string of the molecule is C=C.NC(=O)c1ccc(C(=O)CC2(O)C(=O)Nc3c(Cl)ccc(Cl)c32)cc1. The summed E-state index contributed by atoms with van der Waals surface area (Å²) in [7, 11) is 0. The van der Waals surface area contributed by atoms with Crippen LogP contribution in [0, 0.1) is 0 Å². The summed E-state index contributed by atoms with van der Waals surface area (Å²) < 4.78 is 0. The lowest BCUT2D eigenvalue weighted by Crippen LogP contribution is -2.36. The maximum atomic E-state index is 12.5. The molecule has 6 nitrogen and oxygen atoms in total. The number of aliphatic hydroxyl groups is 1. The van der Waals surface area contributed by atoms with Crippen molar-refractivity contribution in [3.63, 3.8) is 0 Å². The first-order valence-corrected chi connectivity index (χ1v) is 8.45. The van der Waals surface area contributed by atoms with Crippen molar-refractivity contribution >= 4 is 46.5 Å². The van der Waals surface area contributed by atoms with E-state index in [1.54, 1.807) is 0 Å². The Kier molecular flexibility index (Phi) is 6.05. The molecule has 0 spiro atoms. The molecule has 8 heteroatoms. The summed E-state index contributed by atoms with van der Waals surface area (Å²) >= 11 is 12.1. The van der Waals surface area contributed by atoms with Gasteiger partial charge in [0.2, 0.25) is 5.91 Å². The number of nitrogens with one attached hydrogen (secondary N) is 1. The van der Waals surface area contributed by atoms with E-state index in [0.717, 1.165) is 0 Å². The van der Waals surface area contributed by atoms with Crippen LogP contribution in [0.25, 0.3) is 0 Å². The summed E-state index contributed by atoms with van der Waals surface area (Å²) in [5, 5.41) is 13.6. The van der Waals surface area contributed by atoms with Crippen LogP contribution < -0.4 is 11.1 Å². The average Bonchev–Trinajstić information content (AvgIpc) is 2.92. The van der Waals surface area contributed by atoms with Gasteiger partial charge in [0, 0.05) is 21.7 Å². The molecule has 0 aliphatic carbocycles. The van der Waals surface area contributed by atoms with Crippen LogP contribution in [-0.4, -0.2) is 22.7 Å². The molecule has 1 heterocycles. The highest BCUT2D eigenvalue weighted by atomic mass is 35.5. The minimum Gasteiger partial charge on any atom is -0.375 e. The molecule has 140 valence electrons. The number of carbonyl (C=O) groups excluding carboxylic acids is 3. The molecular formula is C19H16Cl2N2O4. The van der Waals surface area contributed by atoms with E-state index < -0.39 is 29.6 Å². The molecule has 2 amide bonds. The van der Waals surface area contributed by atoms with Gasteiger partial charge in [-0.05, 0) is 24.3 Å². The van der Waals surface area contributed by atoms with Gasteiger partial charge in [-0.3, -0.25) is 14.4 Å². The summed E-state index contributed by atoms with van der Waals surface area (Å²) in [6, 6.07) is 8.52. The van der Waals surface area contributed by atoms with Gasteiger partial charge in [0.25, 0.3) is 5.91 Å². The van der Waals surface area contributed by atoms with E-state index in [-0.39, 0.29) is 32.4 Å². The molecular weight excluding hydrogens is 391 g/mol. The van der Waals surface area contributed by atoms with Crippen LogP contribution >= 0.6 is 23.2 Å². The standard InChI is InChI=1S/C17H12Cl2N2O4.C2H4/c18-10-5-6-11(19)14-13(10)17(25,16(24)21-14)7-12(22)8-1-3-9(4-2-8)15(20)23;1-2/h1-6,25H,7H2,(H2,20,23)(H,21,24);1-2H2. The van der Waals surface area contributed by atoms with Crippen molar-refractivity contribution in [2.75, 3.05) is 5.32 Å². The Hall–Kier alpha value is -2.67. The number of ketones is 1. The maximum Gasteiger partial charge on any atom is 0.261 e. The van der Waals surface area contributed by atoms with Crippen molar-refractivity contribution < 1.29 is 19.5 Å². The summed E-state index contributed by atoms with van der Waals surface area (Å²) in [5.74, 6) is -1.90. The molecule has 0 radical (unpaired) electrons. The Bertz CT molecular complexity index is 928. The van der Waals surface area contributed by atoms with E-state index in [4.69, 9.17) is 28.9 Å². The third kappa shape index (κ3) is 3.73. The van der Waals surface area contributed by atoms with E-state index in [9.17, 15) is 19.5 Å². The number of hydrogen-bond donors (Lipinski definition) is 3. The van der Waals surface area contributed by atoms with Crippen molar-refractivity contribution in [3.8, 4) is 0 Å². The second-order valence-electron chi connectivity index (χ2n) is 5.64. The molecule has 27 heavy (non-hydrogen) atoms. The van der Waals surface area contributed by atoms with Gasteiger partial charge >= 0.3 is 0 Å². The number of Topliss-reactive ketones (excluding diaryl/α,β-unsaturated/α-hetero) is 1. The molecule has 0 saturated heterocycles. The molecule has 2 aromatic rings. The van der Waals surface area contributed by atoms with Crippen LogP contribution in [-0.2, 0) is 10.4 Å². The van der Waals surface area contributed by atoms with Crippen LogP contribution in [0.1, 0.15) is 32.7 Å². The van der Waals surface area contributed by atoms with Crippen molar-refractivity contribution in [3.05, 3.63) is 76.3 Å². The first-order chi connectivity index (χ1) is 12.7. The molecule has 0 aromatic heterocycles. The number of anilines is 1. The van der Waals surface area contributed by atoms with Crippen molar-refractivity contribution in [1.82, 2.24) is 0 Å². The van der Waals surface area contributed by atoms with Gasteiger partial charge in [0.1, 0.15) is 0 Å². The van der Waals surface area contributed by atoms with E-state index in [1.807, 2.05) is 0 Å². The third-order valence-corrected chi connectivity index (χ3v) is 4.67. The molecule has 1 aliphatic rings. The summed E-state index contributed by atoms with van der Waals surface area (Å²) in [4.78, 5) is 35.9. The maximum absolute atomic E-state index is 12.5. The highest BCUT2D eigenvalue weighted by Gasteiger charge is 2.49. The van der Waals surface area contributed by atoms with Crippen LogP contribution in [0.3, 0.4) is 0 Å². The van der Waals surface area contributed by atoms with Crippen LogP contribution in [0.4, 0.5) is 5.69 Å². The fraction of sp³-hybridized carbons (Fsp3) is 0.105. The van der Waals surface area contributed by atoms with Gasteiger partial charge in [-0.2, -0.15) is 0 Å². The van der Waals surface area contributed by atoms with Crippen LogP contribution in [0.15, 0.2) is 49.6 Å². The molecule has 2 aromatic carbocycles. The van der Waals surface area contributed by atoms with E-state index in [1.165, 1.54) is 36.4 Å². The number of halogens is 2. The highest BCUT2D eigenvalue weighted by Crippen LogP contribution is 2.46. The lowest BCUT2D eigenvalue weighted by Gasteiger charge is -2.21. The smallest absolute Gasteiger partial charge is 0.261 e. The first kappa shape index (κ1) is 20.6. The number of primary amides is 1. The number of amides is 2. The fourth-order valence-electron chi connectivity index (χ4n) is 2.73. The summed E-state index contributed by atoms with van der Waals surface area (Å²) in [6.45, 7) is 6.00. The topological polar surface area (TPSA) is 109 Å². The zero-order chi connectivity index (χ0) is 20.4. The van der Waals surface area contributed by atoms with Gasteiger partial charge in [-0.25, -0.2) is 0 Å². The number of hydrogen-bond acceptors (Lipinski definition) is 4. The van der Waals surface area contributed by atoms with Crippen molar-refractivity contribution in [2.45, 2.75) is 12.0 Å². The lowest BCUT2D eigenvalue weighted by atomic mass is 9.88. The zero-order valence-electron chi connectivity index (χ0n) is 14.1. The monoisotopic (exact) mass is 406 g/mol. The van der Waals surface area contributed by atoms with Crippen molar-refractivity contribution in [2.24, 2.45) is 5.73 Å². The lowest BCUT2D eigenvalue weighted by molar-refractivity contribution is -0.133. The van der Waals surface area contributed by atoms with Gasteiger partial charge in [-0.15, -0.1) is 13.2 Å². The Morgan fingerprint density at radius 3 is 2.11 bits per heavy atom. The van der Waals surface area contributed by atoms with Crippen LogP contribution in [0.5, 0.6) is 0 Å². The minimum absolute atomic E-state index is 0.0776. The predicted octanol–water partition coefficient (Wildman–Crippen LogP) is 3.31. The zero-order valence-corrected chi connectivity index (χ0v) is 15.6. The largest absolute Gasteiger partial charge is 0.375 e. The average molecular weight is 407 g/mol. The molecule has 1 aliphatic heterocycles. The van der Waals surface area contributed by atoms with E-state index in [2.05, 4.69) is 18.5 Å². The van der Waals surface area contributed by atoms with Crippen LogP contribution in [0.2, 0.25) is 10.0 Å². The molecule has 1 atom stereocenters. The van der Waals surface area contributed by atoms with Gasteiger partial charge in [0.15, 0.2) is 11.4 Å². The fourth-order valence-corrected chi connectivity index (χ4v) is 3.25. The molecule has 4 N–H and O–H groups in total. The normalized spacial score (nSPS) is 17.4. The second kappa shape index (κ2) is 7.92. The van der Waals surface area contributed by atoms with E-state index in [0.29, 0.717) is 0 Å². The molecule has 1 unspecified atom stereocenters. The number of nitrogens with two attached hydrogens (primary N) is 1. The Morgan fingerprint density at radius 2 is 1.56 bits per heavy atom. The number of carbonyl (C=O) groups is 3. The van der Waals surface area contributed by atoms with E-state index >= 15 is 0 Å². The quantitative estimate of drug-likeness (QED) is 0.534. The molecule has 0 fully saturated rings. The Balaban J connectivity index is 0.00000126. The third-order valence-electron chi connectivity index (χ3n) is 4.04. The molecule has 0 saturated carbocycles. The summed E-state index contributed by atoms with van der Waals surface area (Å²) in [6.07, 6.45) is -0.526.